The van der Waals surface area contributed by atoms with E-state index in [0.29, 0.717) is 17.8 Å². The number of hydrogen-bond donors (Lipinski definition) is 0. The molecule has 0 spiro atoms. The second kappa shape index (κ2) is 13.8. The Hall–Kier alpha value is -6.19. The summed E-state index contributed by atoms with van der Waals surface area (Å²) >= 11 is 0. The molecule has 0 saturated carbocycles. The highest BCUT2D eigenvalue weighted by molar-refractivity contribution is 6.19. The molecule has 2 heterocycles. The molecular formula is C53H43N3. The normalized spacial score (nSPS) is 24.3. The van der Waals surface area contributed by atoms with E-state index in [9.17, 15) is 0 Å². The smallest absolute Gasteiger partial charge is 0.155 e. The van der Waals surface area contributed by atoms with Crippen molar-refractivity contribution in [3.8, 4) is 0 Å². The Labute approximate surface area is 328 Å². The summed E-state index contributed by atoms with van der Waals surface area (Å²) < 4.78 is 0. The molecule has 0 bridgehead atoms. The first-order valence-electron chi connectivity index (χ1n) is 20.4. The number of amidine groups is 1. The highest BCUT2D eigenvalue weighted by atomic mass is 15.0. The molecule has 5 unspecified atom stereocenters. The van der Waals surface area contributed by atoms with Crippen LogP contribution in [0.5, 0.6) is 0 Å². The van der Waals surface area contributed by atoms with E-state index < -0.39 is 0 Å². The molecule has 2 aliphatic heterocycles. The van der Waals surface area contributed by atoms with E-state index in [1.807, 2.05) is 0 Å². The molecule has 5 aromatic carbocycles. The van der Waals surface area contributed by atoms with Crippen LogP contribution in [0.2, 0.25) is 0 Å². The molecule has 0 N–H and O–H groups in total. The van der Waals surface area contributed by atoms with Crippen LogP contribution in [-0.4, -0.2) is 24.1 Å². The fourth-order valence-corrected chi connectivity index (χ4v) is 9.84. The Morgan fingerprint density at radius 1 is 0.696 bits per heavy atom. The summed E-state index contributed by atoms with van der Waals surface area (Å²) in [6, 6.07) is 37.7. The van der Waals surface area contributed by atoms with Gasteiger partial charge in [-0.3, -0.25) is 9.98 Å². The minimum atomic E-state index is -0.0230. The minimum Gasteiger partial charge on any atom is -0.284 e. The van der Waals surface area contributed by atoms with Gasteiger partial charge in [0, 0.05) is 41.2 Å². The van der Waals surface area contributed by atoms with Gasteiger partial charge in [-0.2, -0.15) is 0 Å². The summed E-state index contributed by atoms with van der Waals surface area (Å²) in [6.45, 7) is 0.764. The first kappa shape index (κ1) is 33.2. The van der Waals surface area contributed by atoms with Gasteiger partial charge in [-0.25, -0.2) is 4.99 Å². The molecule has 0 fully saturated rings. The van der Waals surface area contributed by atoms with Gasteiger partial charge in [0.1, 0.15) is 0 Å². The lowest BCUT2D eigenvalue weighted by atomic mass is 9.71. The maximum Gasteiger partial charge on any atom is 0.155 e. The van der Waals surface area contributed by atoms with E-state index in [0.717, 1.165) is 54.7 Å². The molecule has 0 radical (unpaired) electrons. The number of para-hydroxylation sites is 1. The van der Waals surface area contributed by atoms with Crippen molar-refractivity contribution in [3.05, 3.63) is 213 Å². The summed E-state index contributed by atoms with van der Waals surface area (Å²) in [4.78, 5) is 15.8. The van der Waals surface area contributed by atoms with Crippen LogP contribution in [0.1, 0.15) is 70.0 Å². The molecule has 0 aromatic heterocycles. The molecule has 0 saturated heterocycles. The van der Waals surface area contributed by atoms with Crippen LogP contribution < -0.4 is 10.6 Å². The minimum absolute atomic E-state index is 0.0230. The second-order valence-electron chi connectivity index (χ2n) is 16.0. The number of allylic oxidation sites excluding steroid dienone is 9. The fraction of sp³-hybridized carbons (Fsp3) is 0.189. The number of benzene rings is 5. The Morgan fingerprint density at radius 3 is 2.45 bits per heavy atom. The number of aryl methyl sites for hydroxylation is 1. The molecule has 270 valence electrons. The van der Waals surface area contributed by atoms with E-state index in [-0.39, 0.29) is 12.0 Å². The molecule has 3 heteroatoms. The fourth-order valence-electron chi connectivity index (χ4n) is 9.84. The summed E-state index contributed by atoms with van der Waals surface area (Å²) in [5.41, 5.74) is 13.0. The highest BCUT2D eigenvalue weighted by Crippen LogP contribution is 2.45. The van der Waals surface area contributed by atoms with E-state index in [2.05, 4.69) is 170 Å². The summed E-state index contributed by atoms with van der Waals surface area (Å²) in [7, 11) is 0. The summed E-state index contributed by atoms with van der Waals surface area (Å²) in [5, 5.41) is 4.92. The Kier molecular flexibility index (Phi) is 8.19. The number of hydrogen-bond acceptors (Lipinski definition) is 3. The molecule has 5 atom stereocenters. The number of fused-ring (bicyclic) bond motifs is 7. The van der Waals surface area contributed by atoms with Crippen molar-refractivity contribution in [3.63, 3.8) is 0 Å². The van der Waals surface area contributed by atoms with E-state index >= 15 is 0 Å². The SMILES string of the molecule is C1=CC2C=C(C3C=CC(C4CC(c5cc6c(c7ccccc57)CCC=C6)=NC(c5ccc(C6C=c7ccccc7=NC6)cc5)=N4)=CC3)c3ccccc3C2C=C1. The van der Waals surface area contributed by atoms with Crippen LogP contribution in [0.4, 0.5) is 0 Å². The van der Waals surface area contributed by atoms with Gasteiger partial charge in [0.25, 0.3) is 0 Å². The van der Waals surface area contributed by atoms with Crippen molar-refractivity contribution >= 4 is 40.0 Å². The maximum absolute atomic E-state index is 5.46. The highest BCUT2D eigenvalue weighted by Gasteiger charge is 2.31. The molecule has 4 aliphatic carbocycles. The average molecular weight is 722 g/mol. The van der Waals surface area contributed by atoms with Gasteiger partial charge >= 0.3 is 0 Å². The maximum atomic E-state index is 5.46. The predicted molar refractivity (Wildman–Crippen MR) is 233 cm³/mol. The third-order valence-electron chi connectivity index (χ3n) is 12.7. The third kappa shape index (κ3) is 5.85. The third-order valence-corrected chi connectivity index (χ3v) is 12.7. The van der Waals surface area contributed by atoms with Gasteiger partial charge in [0.15, 0.2) is 5.84 Å². The Bertz CT molecular complexity index is 2800. The second-order valence-corrected chi connectivity index (χ2v) is 16.0. The lowest BCUT2D eigenvalue weighted by Crippen LogP contribution is -2.30. The standard InChI is InChI=1S/C53H43N3/c1-4-14-42-38(11-1)30-48(46-18-8-6-16-44(42)46)35-23-25-36(26-24-35)51-32-52(49-31-39-12-2-5-15-43(39)45-17-7-9-19-47(45)49)56-53(55-51)37-27-21-34(22-28-37)41-29-40-13-3-10-20-50(40)54-33-41/h1-4,6-14,16-23,25-31,35,38,41-42,51H,5,15,24,32-33H2. The van der Waals surface area contributed by atoms with E-state index in [1.165, 1.54) is 60.5 Å². The van der Waals surface area contributed by atoms with Crippen LogP contribution in [0.25, 0.3) is 28.5 Å². The summed E-state index contributed by atoms with van der Waals surface area (Å²) in [5.74, 6) is 2.22. The molecular weight excluding hydrogens is 679 g/mol. The summed E-state index contributed by atoms with van der Waals surface area (Å²) in [6.07, 6.45) is 29.8. The lowest BCUT2D eigenvalue weighted by Gasteiger charge is -2.34. The van der Waals surface area contributed by atoms with Crippen molar-refractivity contribution in [1.29, 1.82) is 0 Å². The molecule has 3 nitrogen and oxygen atoms in total. The Balaban J connectivity index is 0.953. The number of nitrogens with zero attached hydrogens (tertiary/aromatic N) is 3. The molecule has 5 aromatic rings. The van der Waals surface area contributed by atoms with E-state index in [4.69, 9.17) is 15.0 Å². The topological polar surface area (TPSA) is 37.1 Å². The molecule has 11 rings (SSSR count). The van der Waals surface area contributed by atoms with Crippen molar-refractivity contribution in [2.24, 2.45) is 26.8 Å². The molecule has 6 aliphatic rings. The van der Waals surface area contributed by atoms with E-state index in [1.54, 1.807) is 0 Å². The lowest BCUT2D eigenvalue weighted by molar-refractivity contribution is 0.673. The monoisotopic (exact) mass is 721 g/mol. The van der Waals surface area contributed by atoms with Crippen LogP contribution in [-0.2, 0) is 6.42 Å². The van der Waals surface area contributed by atoms with Gasteiger partial charge in [-0.15, -0.1) is 0 Å². The number of aliphatic imine (C=N–C) groups is 2. The molecule has 56 heavy (non-hydrogen) atoms. The van der Waals surface area contributed by atoms with Gasteiger partial charge < -0.3 is 0 Å². The quantitative estimate of drug-likeness (QED) is 0.173. The Morgan fingerprint density at radius 2 is 1.54 bits per heavy atom. The van der Waals surface area contributed by atoms with Gasteiger partial charge in [0.05, 0.1) is 23.7 Å². The van der Waals surface area contributed by atoms with Gasteiger partial charge in [-0.1, -0.05) is 158 Å². The van der Waals surface area contributed by atoms with Crippen molar-refractivity contribution in [2.45, 2.75) is 43.6 Å². The zero-order valence-corrected chi connectivity index (χ0v) is 31.4. The number of rotatable bonds is 5. The van der Waals surface area contributed by atoms with Gasteiger partial charge in [0.2, 0.25) is 0 Å². The van der Waals surface area contributed by atoms with Crippen molar-refractivity contribution < 1.29 is 0 Å². The van der Waals surface area contributed by atoms with Crippen LogP contribution in [0, 0.1) is 11.8 Å². The zero-order valence-electron chi connectivity index (χ0n) is 31.4. The van der Waals surface area contributed by atoms with Crippen molar-refractivity contribution in [1.82, 2.24) is 0 Å². The first-order chi connectivity index (χ1) is 27.7. The predicted octanol–water partition coefficient (Wildman–Crippen LogP) is 10.4. The van der Waals surface area contributed by atoms with Crippen LogP contribution >= 0.6 is 0 Å². The van der Waals surface area contributed by atoms with Gasteiger partial charge in [-0.05, 0) is 86.3 Å². The largest absolute Gasteiger partial charge is 0.284 e. The molecule has 0 amide bonds. The van der Waals surface area contributed by atoms with Crippen molar-refractivity contribution in [2.75, 3.05) is 6.54 Å². The average Bonchev–Trinajstić information content (AvgIpc) is 3.28. The van der Waals surface area contributed by atoms with Crippen LogP contribution in [0.15, 0.2) is 178 Å². The van der Waals surface area contributed by atoms with Crippen LogP contribution in [0.3, 0.4) is 0 Å². The zero-order chi connectivity index (χ0) is 37.0. The first-order valence-corrected chi connectivity index (χ1v) is 20.4.